The first kappa shape index (κ1) is 15.4. The van der Waals surface area contributed by atoms with Gasteiger partial charge in [0.05, 0.1) is 4.90 Å². The van der Waals surface area contributed by atoms with Gasteiger partial charge in [0, 0.05) is 32.8 Å². The van der Waals surface area contributed by atoms with Crippen molar-refractivity contribution in [3.05, 3.63) is 30.3 Å². The fourth-order valence-electron chi connectivity index (χ4n) is 2.38. The lowest BCUT2D eigenvalue weighted by molar-refractivity contribution is 0.180. The molecular formula is C14H22N2O3S. The Morgan fingerprint density at radius 1 is 1.00 bits per heavy atom. The van der Waals surface area contributed by atoms with Crippen molar-refractivity contribution in [2.45, 2.75) is 17.7 Å². The van der Waals surface area contributed by atoms with E-state index in [4.69, 9.17) is 5.11 Å². The second kappa shape index (κ2) is 7.17. The second-order valence-corrected chi connectivity index (χ2v) is 6.93. The molecule has 0 radical (unpaired) electrons. The zero-order chi connectivity index (χ0) is 14.4. The Hall–Kier alpha value is -0.950. The number of unbranched alkanes of at least 4 members (excludes halogenated alkanes) is 1. The average Bonchev–Trinajstić information content (AvgIpc) is 2.49. The number of aliphatic hydroxyl groups excluding tert-OH is 1. The van der Waals surface area contributed by atoms with Crippen molar-refractivity contribution < 1.29 is 13.5 Å². The molecule has 1 aromatic rings. The lowest BCUT2D eigenvalue weighted by Crippen LogP contribution is -2.48. The zero-order valence-electron chi connectivity index (χ0n) is 11.6. The van der Waals surface area contributed by atoms with Gasteiger partial charge in [0.1, 0.15) is 0 Å². The summed E-state index contributed by atoms with van der Waals surface area (Å²) in [6.45, 7) is 3.75. The molecule has 1 aliphatic rings. The normalized spacial score (nSPS) is 18.2. The molecule has 0 bridgehead atoms. The quantitative estimate of drug-likeness (QED) is 0.788. The molecule has 0 saturated carbocycles. The largest absolute Gasteiger partial charge is 0.396 e. The van der Waals surface area contributed by atoms with E-state index in [2.05, 4.69) is 4.90 Å². The van der Waals surface area contributed by atoms with Crippen LogP contribution in [0.1, 0.15) is 12.8 Å². The maximum atomic E-state index is 12.4. The fourth-order valence-corrected chi connectivity index (χ4v) is 3.83. The van der Waals surface area contributed by atoms with E-state index in [1.165, 1.54) is 0 Å². The number of hydrogen-bond donors (Lipinski definition) is 1. The third kappa shape index (κ3) is 3.79. The van der Waals surface area contributed by atoms with Gasteiger partial charge in [0.15, 0.2) is 0 Å². The molecule has 0 atom stereocenters. The highest BCUT2D eigenvalue weighted by atomic mass is 32.2. The van der Waals surface area contributed by atoms with Crippen LogP contribution in [0.5, 0.6) is 0 Å². The van der Waals surface area contributed by atoms with Crippen LogP contribution in [0.25, 0.3) is 0 Å². The van der Waals surface area contributed by atoms with Crippen LogP contribution in [0, 0.1) is 0 Å². The molecular weight excluding hydrogens is 276 g/mol. The van der Waals surface area contributed by atoms with Crippen LogP contribution in [-0.2, 0) is 10.0 Å². The third-order valence-electron chi connectivity index (χ3n) is 3.59. The topological polar surface area (TPSA) is 60.9 Å². The summed E-state index contributed by atoms with van der Waals surface area (Å²) in [6.07, 6.45) is 1.77. The highest BCUT2D eigenvalue weighted by Crippen LogP contribution is 2.17. The summed E-state index contributed by atoms with van der Waals surface area (Å²) in [5.41, 5.74) is 0. The molecule has 1 aromatic carbocycles. The SMILES string of the molecule is O=S(=O)(c1ccccc1)N1CCN(CCCCO)CC1. The smallest absolute Gasteiger partial charge is 0.243 e. The van der Waals surface area contributed by atoms with E-state index in [0.29, 0.717) is 18.0 Å². The molecule has 0 unspecified atom stereocenters. The van der Waals surface area contributed by atoms with Crippen LogP contribution in [0.3, 0.4) is 0 Å². The number of rotatable bonds is 6. The minimum atomic E-state index is -3.34. The van der Waals surface area contributed by atoms with Crippen LogP contribution in [0.15, 0.2) is 35.2 Å². The Morgan fingerprint density at radius 2 is 1.65 bits per heavy atom. The number of hydrogen-bond acceptors (Lipinski definition) is 4. The van der Waals surface area contributed by atoms with E-state index in [0.717, 1.165) is 32.5 Å². The first-order chi connectivity index (χ1) is 9.64. The number of benzene rings is 1. The summed E-state index contributed by atoms with van der Waals surface area (Å²) < 4.78 is 26.4. The summed E-state index contributed by atoms with van der Waals surface area (Å²) >= 11 is 0. The number of aliphatic hydroxyl groups is 1. The van der Waals surface area contributed by atoms with Crippen molar-refractivity contribution in [1.82, 2.24) is 9.21 Å². The number of piperazine rings is 1. The Bertz CT molecular complexity index is 496. The van der Waals surface area contributed by atoms with Crippen LogP contribution in [0.4, 0.5) is 0 Å². The van der Waals surface area contributed by atoms with Crippen molar-refractivity contribution in [1.29, 1.82) is 0 Å². The van der Waals surface area contributed by atoms with E-state index >= 15 is 0 Å². The van der Waals surface area contributed by atoms with Crippen LogP contribution < -0.4 is 0 Å². The molecule has 1 saturated heterocycles. The van der Waals surface area contributed by atoms with Gasteiger partial charge >= 0.3 is 0 Å². The van der Waals surface area contributed by atoms with Gasteiger partial charge < -0.3 is 10.0 Å². The van der Waals surface area contributed by atoms with E-state index in [9.17, 15) is 8.42 Å². The van der Waals surface area contributed by atoms with Gasteiger partial charge in [-0.1, -0.05) is 18.2 Å². The lowest BCUT2D eigenvalue weighted by Gasteiger charge is -2.33. The van der Waals surface area contributed by atoms with Crippen molar-refractivity contribution in [2.24, 2.45) is 0 Å². The van der Waals surface area contributed by atoms with Gasteiger partial charge in [-0.25, -0.2) is 8.42 Å². The number of sulfonamides is 1. The van der Waals surface area contributed by atoms with Crippen LogP contribution in [0.2, 0.25) is 0 Å². The summed E-state index contributed by atoms with van der Waals surface area (Å²) in [5, 5.41) is 8.76. The van der Waals surface area contributed by atoms with E-state index < -0.39 is 10.0 Å². The maximum Gasteiger partial charge on any atom is 0.243 e. The Balaban J connectivity index is 1.90. The molecule has 1 N–H and O–H groups in total. The molecule has 112 valence electrons. The van der Waals surface area contributed by atoms with Gasteiger partial charge in [-0.05, 0) is 31.5 Å². The highest BCUT2D eigenvalue weighted by molar-refractivity contribution is 7.89. The summed E-state index contributed by atoms with van der Waals surface area (Å²) in [5.74, 6) is 0. The predicted octanol–water partition coefficient (Wildman–Crippen LogP) is 0.765. The maximum absolute atomic E-state index is 12.4. The van der Waals surface area contributed by atoms with Crippen LogP contribution in [-0.4, -0.2) is 62.1 Å². The second-order valence-electron chi connectivity index (χ2n) is 4.99. The first-order valence-corrected chi connectivity index (χ1v) is 8.47. The molecule has 0 aliphatic carbocycles. The summed E-state index contributed by atoms with van der Waals surface area (Å²) in [7, 11) is -3.34. The Morgan fingerprint density at radius 3 is 2.25 bits per heavy atom. The molecule has 1 heterocycles. The molecule has 20 heavy (non-hydrogen) atoms. The molecule has 2 rings (SSSR count). The van der Waals surface area contributed by atoms with E-state index in [-0.39, 0.29) is 6.61 Å². The molecule has 0 amide bonds. The monoisotopic (exact) mass is 298 g/mol. The van der Waals surface area contributed by atoms with Crippen molar-refractivity contribution in [2.75, 3.05) is 39.3 Å². The van der Waals surface area contributed by atoms with Crippen molar-refractivity contribution in [3.63, 3.8) is 0 Å². The van der Waals surface area contributed by atoms with Crippen LogP contribution >= 0.6 is 0 Å². The lowest BCUT2D eigenvalue weighted by atomic mass is 10.3. The first-order valence-electron chi connectivity index (χ1n) is 7.03. The summed E-state index contributed by atoms with van der Waals surface area (Å²) in [4.78, 5) is 2.63. The highest BCUT2D eigenvalue weighted by Gasteiger charge is 2.27. The minimum absolute atomic E-state index is 0.225. The van der Waals surface area contributed by atoms with E-state index in [1.54, 1.807) is 28.6 Å². The Kier molecular flexibility index (Phi) is 5.54. The van der Waals surface area contributed by atoms with Crippen molar-refractivity contribution in [3.8, 4) is 0 Å². The molecule has 6 heteroatoms. The van der Waals surface area contributed by atoms with Gasteiger partial charge in [-0.2, -0.15) is 4.31 Å². The average molecular weight is 298 g/mol. The summed E-state index contributed by atoms with van der Waals surface area (Å²) in [6, 6.07) is 8.60. The van der Waals surface area contributed by atoms with Gasteiger partial charge in [-0.3, -0.25) is 0 Å². The zero-order valence-corrected chi connectivity index (χ0v) is 12.4. The molecule has 0 spiro atoms. The standard InChI is InChI=1S/C14H22N2O3S/c17-13-5-4-8-15-9-11-16(12-10-15)20(18,19)14-6-2-1-3-7-14/h1-3,6-7,17H,4-5,8-13H2. The van der Waals surface area contributed by atoms with Gasteiger partial charge in [-0.15, -0.1) is 0 Å². The van der Waals surface area contributed by atoms with Gasteiger partial charge in [0.2, 0.25) is 10.0 Å². The molecule has 1 aliphatic heterocycles. The molecule has 0 aromatic heterocycles. The molecule has 1 fully saturated rings. The number of nitrogens with zero attached hydrogens (tertiary/aromatic N) is 2. The molecule has 5 nitrogen and oxygen atoms in total. The minimum Gasteiger partial charge on any atom is -0.396 e. The van der Waals surface area contributed by atoms with Crippen molar-refractivity contribution >= 4 is 10.0 Å². The third-order valence-corrected chi connectivity index (χ3v) is 5.51. The van der Waals surface area contributed by atoms with Gasteiger partial charge in [0.25, 0.3) is 0 Å². The predicted molar refractivity (Wildman–Crippen MR) is 78.0 cm³/mol. The van der Waals surface area contributed by atoms with E-state index in [1.807, 2.05) is 6.07 Å². The Labute approximate surface area is 120 Å². The fraction of sp³-hybridized carbons (Fsp3) is 0.571.